The van der Waals surface area contributed by atoms with E-state index in [1.165, 1.54) is 0 Å². The fraction of sp³-hybridized carbons (Fsp3) is 0.833. The quantitative estimate of drug-likeness (QED) is 0.368. The van der Waals surface area contributed by atoms with Crippen molar-refractivity contribution in [2.45, 2.75) is 61.9 Å². The van der Waals surface area contributed by atoms with E-state index in [2.05, 4.69) is 67.3 Å². The molecule has 1 aliphatic heterocycles. The Morgan fingerprint density at radius 3 is 2.44 bits per heavy atom. The Labute approximate surface area is 108 Å². The molecule has 0 aromatic heterocycles. The molecule has 0 saturated carbocycles. The van der Waals surface area contributed by atoms with Gasteiger partial charge in [0, 0.05) is 12.1 Å². The fourth-order valence-electron chi connectivity index (χ4n) is 1.79. The molecule has 1 fully saturated rings. The van der Waals surface area contributed by atoms with Crippen molar-refractivity contribution < 1.29 is 4.43 Å². The van der Waals surface area contributed by atoms with E-state index in [9.17, 15) is 0 Å². The molecule has 2 aliphatic rings. The molecule has 0 bridgehead atoms. The summed E-state index contributed by atoms with van der Waals surface area (Å²) >= 11 is 3.76. The Hall–Kier alpha value is 0.357. The first-order valence-electron chi connectivity index (χ1n) is 5.99. The van der Waals surface area contributed by atoms with Crippen LogP contribution in [0.15, 0.2) is 12.2 Å². The highest BCUT2D eigenvalue weighted by Gasteiger charge is 2.48. The molecule has 1 aliphatic carbocycles. The van der Waals surface area contributed by atoms with Gasteiger partial charge in [-0.25, -0.2) is 0 Å². The zero-order valence-corrected chi connectivity index (χ0v) is 13.3. The third-order valence-electron chi connectivity index (χ3n) is 4.06. The summed E-state index contributed by atoms with van der Waals surface area (Å²) in [6.07, 6.45) is 4.71. The highest BCUT2D eigenvalue weighted by Crippen LogP contribution is 2.40. The summed E-state index contributed by atoms with van der Waals surface area (Å²) < 4.78 is 6.42. The third kappa shape index (κ3) is 2.30. The average molecular weight is 304 g/mol. The molecule has 0 unspecified atom stereocenters. The number of hydrogen-bond acceptors (Lipinski definition) is 2. The Morgan fingerprint density at radius 1 is 1.25 bits per heavy atom. The minimum atomic E-state index is -1.65. The second-order valence-corrected chi connectivity index (χ2v) is 12.2. The van der Waals surface area contributed by atoms with Gasteiger partial charge in [0.15, 0.2) is 8.32 Å². The van der Waals surface area contributed by atoms with Gasteiger partial charge in [-0.05, 0) is 18.1 Å². The average Bonchev–Trinajstić information content (AvgIpc) is 2.87. The van der Waals surface area contributed by atoms with Crippen molar-refractivity contribution in [1.82, 2.24) is 5.32 Å². The van der Waals surface area contributed by atoms with Crippen LogP contribution in [0.3, 0.4) is 0 Å². The van der Waals surface area contributed by atoms with Crippen LogP contribution in [-0.4, -0.2) is 31.3 Å². The monoisotopic (exact) mass is 303 g/mol. The lowest BCUT2D eigenvalue weighted by atomic mass is 10.1. The van der Waals surface area contributed by atoms with Crippen molar-refractivity contribution in [1.29, 1.82) is 0 Å². The molecule has 2 nitrogen and oxygen atoms in total. The molecule has 0 radical (unpaired) electrons. The van der Waals surface area contributed by atoms with Gasteiger partial charge in [-0.3, -0.25) is 0 Å². The molecule has 16 heavy (non-hydrogen) atoms. The van der Waals surface area contributed by atoms with Gasteiger partial charge in [0.05, 0.1) is 10.9 Å². The summed E-state index contributed by atoms with van der Waals surface area (Å²) in [6.45, 7) is 11.5. The molecule has 4 atom stereocenters. The molecule has 92 valence electrons. The SMILES string of the molecule is CC(C)(C)[Si](C)(C)O[C@@H]1C=C[C@@H]2N[C@@H]2[C@H]1Br. The van der Waals surface area contributed by atoms with Crippen molar-refractivity contribution in [3.8, 4) is 0 Å². The summed E-state index contributed by atoms with van der Waals surface area (Å²) in [5, 5.41) is 3.72. The molecule has 1 heterocycles. The predicted octanol–water partition coefficient (Wildman–Crippen LogP) is 3.05. The first kappa shape index (κ1) is 12.8. The first-order valence-corrected chi connectivity index (χ1v) is 9.81. The predicted molar refractivity (Wildman–Crippen MR) is 74.6 cm³/mol. The van der Waals surface area contributed by atoms with Gasteiger partial charge in [-0.2, -0.15) is 0 Å². The van der Waals surface area contributed by atoms with E-state index >= 15 is 0 Å². The number of hydrogen-bond donors (Lipinski definition) is 1. The van der Waals surface area contributed by atoms with Crippen LogP contribution in [0.5, 0.6) is 0 Å². The standard InChI is InChI=1S/C12H22BrNOSi/c1-12(2,3)16(4,5)15-9-7-6-8-11(14-8)10(9)13/h6-11,14H,1-5H3/t8-,9+,10-,11-/m0/s1. The van der Waals surface area contributed by atoms with E-state index in [1.54, 1.807) is 0 Å². The molecular formula is C12H22BrNOSi. The van der Waals surface area contributed by atoms with Crippen LogP contribution in [0.25, 0.3) is 0 Å². The van der Waals surface area contributed by atoms with Gasteiger partial charge in [0.25, 0.3) is 0 Å². The van der Waals surface area contributed by atoms with Crippen LogP contribution in [-0.2, 0) is 4.43 Å². The summed E-state index contributed by atoms with van der Waals surface area (Å²) in [7, 11) is -1.65. The second-order valence-electron chi connectivity index (χ2n) is 6.39. The van der Waals surface area contributed by atoms with Crippen LogP contribution in [0, 0.1) is 0 Å². The molecular weight excluding hydrogens is 282 g/mol. The number of fused-ring (bicyclic) bond motifs is 1. The fourth-order valence-corrected chi connectivity index (χ4v) is 4.02. The normalized spacial score (nSPS) is 38.4. The van der Waals surface area contributed by atoms with E-state index in [-0.39, 0.29) is 11.1 Å². The lowest BCUT2D eigenvalue weighted by Gasteiger charge is -2.40. The molecule has 1 N–H and O–H groups in total. The second kappa shape index (κ2) is 3.94. The van der Waals surface area contributed by atoms with Gasteiger partial charge < -0.3 is 9.74 Å². The molecule has 0 spiro atoms. The molecule has 2 rings (SSSR count). The summed E-state index contributed by atoms with van der Waals surface area (Å²) in [5.74, 6) is 0. The van der Waals surface area contributed by atoms with Crippen molar-refractivity contribution >= 4 is 24.2 Å². The minimum Gasteiger partial charge on any atom is -0.409 e. The lowest BCUT2D eigenvalue weighted by Crippen LogP contribution is -2.47. The Morgan fingerprint density at radius 2 is 1.88 bits per heavy atom. The van der Waals surface area contributed by atoms with Crippen LogP contribution in [0.2, 0.25) is 18.1 Å². The number of nitrogens with one attached hydrogen (secondary N) is 1. The Kier molecular flexibility index (Phi) is 3.15. The molecule has 0 aromatic carbocycles. The summed E-state index contributed by atoms with van der Waals surface area (Å²) in [4.78, 5) is 0.427. The number of rotatable bonds is 2. The van der Waals surface area contributed by atoms with Crippen molar-refractivity contribution in [2.24, 2.45) is 0 Å². The van der Waals surface area contributed by atoms with Crippen LogP contribution >= 0.6 is 15.9 Å². The van der Waals surface area contributed by atoms with E-state index in [4.69, 9.17) is 4.43 Å². The van der Waals surface area contributed by atoms with Crippen LogP contribution in [0.4, 0.5) is 0 Å². The highest BCUT2D eigenvalue weighted by atomic mass is 79.9. The first-order chi connectivity index (χ1) is 7.22. The van der Waals surface area contributed by atoms with E-state index in [0.717, 1.165) is 0 Å². The number of halogens is 1. The minimum absolute atomic E-state index is 0.233. The summed E-state index contributed by atoms with van der Waals surface area (Å²) in [5.41, 5.74) is 0. The van der Waals surface area contributed by atoms with Gasteiger partial charge in [0.2, 0.25) is 0 Å². The number of alkyl halides is 1. The maximum absolute atomic E-state index is 6.42. The Bertz CT molecular complexity index is 311. The van der Waals surface area contributed by atoms with E-state index < -0.39 is 8.32 Å². The van der Waals surface area contributed by atoms with Crippen LogP contribution in [0.1, 0.15) is 20.8 Å². The topological polar surface area (TPSA) is 31.2 Å². The highest BCUT2D eigenvalue weighted by molar-refractivity contribution is 9.09. The zero-order chi connectivity index (χ0) is 12.1. The van der Waals surface area contributed by atoms with Gasteiger partial charge in [-0.15, -0.1) is 0 Å². The molecule has 4 heteroatoms. The lowest BCUT2D eigenvalue weighted by molar-refractivity contribution is 0.219. The van der Waals surface area contributed by atoms with Gasteiger partial charge >= 0.3 is 0 Å². The van der Waals surface area contributed by atoms with E-state index in [1.807, 2.05) is 0 Å². The smallest absolute Gasteiger partial charge is 0.192 e. The maximum Gasteiger partial charge on any atom is 0.192 e. The van der Waals surface area contributed by atoms with Crippen molar-refractivity contribution in [2.75, 3.05) is 0 Å². The van der Waals surface area contributed by atoms with Crippen molar-refractivity contribution in [3.63, 3.8) is 0 Å². The summed E-state index contributed by atoms with van der Waals surface area (Å²) in [6, 6.07) is 1.17. The van der Waals surface area contributed by atoms with Gasteiger partial charge in [0.1, 0.15) is 0 Å². The van der Waals surface area contributed by atoms with E-state index in [0.29, 0.717) is 16.9 Å². The Balaban J connectivity index is 2.04. The third-order valence-corrected chi connectivity index (χ3v) is 9.63. The molecule has 1 saturated heterocycles. The molecule has 0 aromatic rings. The maximum atomic E-state index is 6.42. The zero-order valence-electron chi connectivity index (χ0n) is 10.8. The van der Waals surface area contributed by atoms with Crippen molar-refractivity contribution in [3.05, 3.63) is 12.2 Å². The largest absolute Gasteiger partial charge is 0.409 e. The van der Waals surface area contributed by atoms with Crippen LogP contribution < -0.4 is 5.32 Å². The molecule has 0 amide bonds. The van der Waals surface area contributed by atoms with Gasteiger partial charge in [-0.1, -0.05) is 48.9 Å².